The van der Waals surface area contributed by atoms with Crippen LogP contribution in [0, 0.1) is 0 Å². The van der Waals surface area contributed by atoms with Crippen molar-refractivity contribution in [1.29, 1.82) is 0 Å². The van der Waals surface area contributed by atoms with Gasteiger partial charge in [0.15, 0.2) is 0 Å². The summed E-state index contributed by atoms with van der Waals surface area (Å²) in [5.74, 6) is 0.849. The monoisotopic (exact) mass is 455 g/mol. The third kappa shape index (κ3) is 3.12. The Morgan fingerprint density at radius 3 is 2.06 bits per heavy atom. The number of para-hydroxylation sites is 1. The lowest BCUT2D eigenvalue weighted by atomic mass is 10.0. The molecule has 0 bridgehead atoms. The lowest BCUT2D eigenvalue weighted by molar-refractivity contribution is 0.978. The van der Waals surface area contributed by atoms with Gasteiger partial charge in [0.1, 0.15) is 5.82 Å². The van der Waals surface area contributed by atoms with Crippen LogP contribution in [0.15, 0.2) is 91.3 Å². The first-order chi connectivity index (χ1) is 17.3. The number of hydrogen-bond donors (Lipinski definition) is 1. The average molecular weight is 456 g/mol. The number of benzene rings is 3. The largest absolute Gasteiger partial charge is 0.343 e. The predicted molar refractivity (Wildman–Crippen MR) is 145 cm³/mol. The molecule has 4 aromatic heterocycles. The van der Waals surface area contributed by atoms with Crippen LogP contribution in [-0.4, -0.2) is 24.5 Å². The minimum Gasteiger partial charge on any atom is -0.343 e. The summed E-state index contributed by atoms with van der Waals surface area (Å²) in [5.41, 5.74) is 8.23. The second-order valence-electron chi connectivity index (χ2n) is 8.27. The van der Waals surface area contributed by atoms with Crippen LogP contribution in [-0.2, 0) is 7.05 Å². The zero-order valence-electron chi connectivity index (χ0n) is 19.9. The third-order valence-corrected chi connectivity index (χ3v) is 6.46. The van der Waals surface area contributed by atoms with Crippen molar-refractivity contribution >= 4 is 43.7 Å². The van der Waals surface area contributed by atoms with Gasteiger partial charge in [0.25, 0.3) is 0 Å². The molecule has 3 aromatic carbocycles. The first kappa shape index (κ1) is 21.1. The molecule has 0 unspecified atom stereocenters. The van der Waals surface area contributed by atoms with E-state index < -0.39 is 0 Å². The minimum absolute atomic E-state index is 0.849. The second-order valence-corrected chi connectivity index (χ2v) is 8.27. The molecule has 0 amide bonds. The molecule has 0 atom stereocenters. The number of pyridine rings is 2. The van der Waals surface area contributed by atoms with Crippen molar-refractivity contribution in [1.82, 2.24) is 24.5 Å². The minimum atomic E-state index is 0.849. The SMILES string of the molecule is CC.Cn1c(-c2ccccc2)c(-c2nc3c4cccnc4c4ncccc4c3[nH]2)c2ccccc21. The van der Waals surface area contributed by atoms with Crippen LogP contribution in [0.2, 0.25) is 0 Å². The van der Waals surface area contributed by atoms with Crippen LogP contribution in [0.1, 0.15) is 13.8 Å². The number of H-pyrrole nitrogens is 1. The van der Waals surface area contributed by atoms with Crippen LogP contribution in [0.25, 0.3) is 66.4 Å². The van der Waals surface area contributed by atoms with Gasteiger partial charge >= 0.3 is 0 Å². The topological polar surface area (TPSA) is 59.4 Å². The maximum absolute atomic E-state index is 5.17. The van der Waals surface area contributed by atoms with Crippen molar-refractivity contribution < 1.29 is 0 Å². The Morgan fingerprint density at radius 2 is 1.29 bits per heavy atom. The van der Waals surface area contributed by atoms with E-state index in [1.165, 1.54) is 10.9 Å². The lowest BCUT2D eigenvalue weighted by Crippen LogP contribution is -1.93. The number of imidazole rings is 1. The molecule has 5 nitrogen and oxygen atoms in total. The lowest BCUT2D eigenvalue weighted by Gasteiger charge is -2.07. The molecule has 0 aliphatic carbocycles. The van der Waals surface area contributed by atoms with E-state index in [0.717, 1.165) is 55.5 Å². The number of aromatic nitrogens is 5. The maximum Gasteiger partial charge on any atom is 0.141 e. The Bertz CT molecular complexity index is 1750. The molecule has 1 N–H and O–H groups in total. The molecule has 170 valence electrons. The van der Waals surface area contributed by atoms with E-state index in [-0.39, 0.29) is 0 Å². The highest BCUT2D eigenvalue weighted by Gasteiger charge is 2.22. The molecule has 35 heavy (non-hydrogen) atoms. The van der Waals surface area contributed by atoms with E-state index >= 15 is 0 Å². The summed E-state index contributed by atoms with van der Waals surface area (Å²) >= 11 is 0. The molecule has 0 radical (unpaired) electrons. The molecule has 7 rings (SSSR count). The van der Waals surface area contributed by atoms with Gasteiger partial charge in [-0.1, -0.05) is 62.4 Å². The standard InChI is InChI=1S/C28H19N5.C2H6/c1-33-21-14-6-5-11-18(21)22(27(33)17-9-3-2-4-10-17)28-31-25-19-12-7-15-29-23(19)24-20(26(25)32-28)13-8-16-30-24;1-2/h2-16H,1H3,(H,31,32);1-2H3. The highest BCUT2D eigenvalue weighted by Crippen LogP contribution is 2.41. The van der Waals surface area contributed by atoms with Crippen molar-refractivity contribution in [3.05, 3.63) is 91.3 Å². The Balaban J connectivity index is 0.00000112. The summed E-state index contributed by atoms with van der Waals surface area (Å²) in [5, 5.41) is 3.20. The van der Waals surface area contributed by atoms with E-state index in [1.807, 2.05) is 44.4 Å². The molecular formula is C30H25N5. The van der Waals surface area contributed by atoms with E-state index in [1.54, 1.807) is 0 Å². The molecule has 0 aliphatic heterocycles. The van der Waals surface area contributed by atoms with Gasteiger partial charge in [0, 0.05) is 41.1 Å². The summed E-state index contributed by atoms with van der Waals surface area (Å²) in [6.07, 6.45) is 3.63. The number of nitrogens with zero attached hydrogens (tertiary/aromatic N) is 4. The molecule has 4 heterocycles. The van der Waals surface area contributed by atoms with E-state index in [9.17, 15) is 0 Å². The van der Waals surface area contributed by atoms with Gasteiger partial charge in [-0.2, -0.15) is 0 Å². The maximum atomic E-state index is 5.17. The first-order valence-electron chi connectivity index (χ1n) is 12.0. The van der Waals surface area contributed by atoms with E-state index in [2.05, 4.69) is 87.2 Å². The van der Waals surface area contributed by atoms with E-state index in [4.69, 9.17) is 4.98 Å². The third-order valence-electron chi connectivity index (χ3n) is 6.46. The Hall–Kier alpha value is -4.51. The van der Waals surface area contributed by atoms with Crippen molar-refractivity contribution in [2.24, 2.45) is 7.05 Å². The molecule has 0 spiro atoms. The fraction of sp³-hybridized carbons (Fsp3) is 0.100. The van der Waals surface area contributed by atoms with Crippen molar-refractivity contribution in [3.63, 3.8) is 0 Å². The molecule has 0 saturated heterocycles. The molecule has 0 aliphatic rings. The normalized spacial score (nSPS) is 11.3. The summed E-state index contributed by atoms with van der Waals surface area (Å²) in [7, 11) is 2.12. The molecule has 5 heteroatoms. The number of nitrogens with one attached hydrogen (secondary N) is 1. The van der Waals surface area contributed by atoms with Gasteiger partial charge in [-0.15, -0.1) is 0 Å². The number of rotatable bonds is 2. The van der Waals surface area contributed by atoms with Crippen molar-refractivity contribution in [3.8, 4) is 22.6 Å². The quantitative estimate of drug-likeness (QED) is 0.274. The van der Waals surface area contributed by atoms with Gasteiger partial charge in [-0.25, -0.2) is 4.98 Å². The summed E-state index contributed by atoms with van der Waals surface area (Å²) in [6, 6.07) is 27.1. The average Bonchev–Trinajstić information content (AvgIpc) is 3.50. The van der Waals surface area contributed by atoms with Gasteiger partial charge < -0.3 is 9.55 Å². The summed E-state index contributed by atoms with van der Waals surface area (Å²) < 4.78 is 2.26. The second kappa shape index (κ2) is 8.37. The van der Waals surface area contributed by atoms with E-state index in [0.29, 0.717) is 0 Å². The van der Waals surface area contributed by atoms with Crippen molar-refractivity contribution in [2.75, 3.05) is 0 Å². The van der Waals surface area contributed by atoms with Crippen molar-refractivity contribution in [2.45, 2.75) is 13.8 Å². The molecule has 0 saturated carbocycles. The molecule has 0 fully saturated rings. The van der Waals surface area contributed by atoms with Crippen LogP contribution >= 0.6 is 0 Å². The predicted octanol–water partition coefficient (Wildman–Crippen LogP) is 7.51. The molecular weight excluding hydrogens is 430 g/mol. The van der Waals surface area contributed by atoms with Crippen LogP contribution in [0.4, 0.5) is 0 Å². The first-order valence-corrected chi connectivity index (χ1v) is 12.0. The highest BCUT2D eigenvalue weighted by atomic mass is 15.0. The Labute approximate surface area is 203 Å². The summed E-state index contributed by atoms with van der Waals surface area (Å²) in [4.78, 5) is 18.1. The fourth-order valence-corrected chi connectivity index (χ4v) is 5.03. The number of aryl methyl sites for hydroxylation is 1. The molecule has 7 aromatic rings. The zero-order chi connectivity index (χ0) is 23.9. The fourth-order valence-electron chi connectivity index (χ4n) is 5.03. The van der Waals surface area contributed by atoms with Gasteiger partial charge in [-0.05, 0) is 35.9 Å². The van der Waals surface area contributed by atoms with Gasteiger partial charge in [-0.3, -0.25) is 9.97 Å². The Kier molecular flexibility index (Phi) is 5.03. The van der Waals surface area contributed by atoms with Gasteiger partial charge in [0.2, 0.25) is 0 Å². The highest BCUT2D eigenvalue weighted by molar-refractivity contribution is 6.21. The van der Waals surface area contributed by atoms with Gasteiger partial charge in [0.05, 0.1) is 33.3 Å². The smallest absolute Gasteiger partial charge is 0.141 e. The number of fused-ring (bicyclic) bond motifs is 7. The Morgan fingerprint density at radius 1 is 0.657 bits per heavy atom. The zero-order valence-corrected chi connectivity index (χ0v) is 19.9. The number of hydrogen-bond acceptors (Lipinski definition) is 3. The van der Waals surface area contributed by atoms with Crippen LogP contribution in [0.5, 0.6) is 0 Å². The number of aromatic amines is 1. The van der Waals surface area contributed by atoms with Crippen LogP contribution in [0.3, 0.4) is 0 Å². The summed E-state index contributed by atoms with van der Waals surface area (Å²) in [6.45, 7) is 4.00. The van der Waals surface area contributed by atoms with Crippen LogP contribution < -0.4 is 0 Å².